The lowest BCUT2D eigenvalue weighted by Gasteiger charge is -2.08. The van der Waals surface area contributed by atoms with Crippen LogP contribution >= 0.6 is 0 Å². The fraction of sp³-hybridized carbons (Fsp3) is 0.154. The van der Waals surface area contributed by atoms with Gasteiger partial charge in [0, 0.05) is 11.8 Å². The van der Waals surface area contributed by atoms with Crippen LogP contribution in [0.4, 0.5) is 0 Å². The predicted molar refractivity (Wildman–Crippen MR) is 61.0 cm³/mol. The van der Waals surface area contributed by atoms with Crippen molar-refractivity contribution in [3.63, 3.8) is 0 Å². The highest BCUT2D eigenvalue weighted by molar-refractivity contribution is 5.68. The van der Waals surface area contributed by atoms with Gasteiger partial charge < -0.3 is 4.74 Å². The van der Waals surface area contributed by atoms with Crippen molar-refractivity contribution in [3.05, 3.63) is 48.2 Å². The molecule has 76 valence electrons. The number of rotatable bonds is 2. The molecule has 1 aromatic carbocycles. The minimum absolute atomic E-state index is 0.691. The molecule has 0 unspecified atom stereocenters. The van der Waals surface area contributed by atoms with Crippen LogP contribution in [-0.2, 0) is 0 Å². The Bertz CT molecular complexity index is 451. The first-order chi connectivity index (χ1) is 7.33. The largest absolute Gasteiger partial charge is 0.481 e. The summed E-state index contributed by atoms with van der Waals surface area (Å²) in [5.41, 5.74) is 3.43. The van der Waals surface area contributed by atoms with Crippen LogP contribution in [0, 0.1) is 6.92 Å². The molecule has 0 radical (unpaired) electrons. The second-order valence-electron chi connectivity index (χ2n) is 3.36. The molecule has 0 aliphatic rings. The van der Waals surface area contributed by atoms with Crippen LogP contribution in [0.2, 0.25) is 0 Å². The summed E-state index contributed by atoms with van der Waals surface area (Å²) in [5.74, 6) is 0.691. The van der Waals surface area contributed by atoms with Gasteiger partial charge in [0.2, 0.25) is 5.88 Å². The standard InChI is InChI=1S/C13H13NO/c1-10-12(8-9-14-13(10)15-2)11-6-4-3-5-7-11/h3-9H,1-2H3. The zero-order valence-electron chi connectivity index (χ0n) is 8.90. The van der Waals surface area contributed by atoms with E-state index < -0.39 is 0 Å². The summed E-state index contributed by atoms with van der Waals surface area (Å²) in [5, 5.41) is 0. The highest BCUT2D eigenvalue weighted by Gasteiger charge is 2.06. The van der Waals surface area contributed by atoms with Crippen molar-refractivity contribution in [2.24, 2.45) is 0 Å². The third-order valence-electron chi connectivity index (χ3n) is 2.44. The van der Waals surface area contributed by atoms with Crippen molar-refractivity contribution in [1.29, 1.82) is 0 Å². The molecule has 2 heteroatoms. The van der Waals surface area contributed by atoms with Crippen LogP contribution in [0.1, 0.15) is 5.56 Å². The number of methoxy groups -OCH3 is 1. The smallest absolute Gasteiger partial charge is 0.216 e. The summed E-state index contributed by atoms with van der Waals surface area (Å²) in [4.78, 5) is 4.16. The summed E-state index contributed by atoms with van der Waals surface area (Å²) in [7, 11) is 1.64. The lowest BCUT2D eigenvalue weighted by molar-refractivity contribution is 0.395. The van der Waals surface area contributed by atoms with Gasteiger partial charge in [0.05, 0.1) is 7.11 Å². The van der Waals surface area contributed by atoms with Gasteiger partial charge in [-0.2, -0.15) is 0 Å². The maximum atomic E-state index is 5.20. The number of ether oxygens (including phenoxy) is 1. The van der Waals surface area contributed by atoms with E-state index in [1.54, 1.807) is 13.3 Å². The number of benzene rings is 1. The van der Waals surface area contributed by atoms with Gasteiger partial charge in [0.25, 0.3) is 0 Å². The van der Waals surface area contributed by atoms with Crippen LogP contribution in [-0.4, -0.2) is 12.1 Å². The molecule has 2 nitrogen and oxygen atoms in total. The molecule has 0 bridgehead atoms. The molecule has 0 fully saturated rings. The van der Waals surface area contributed by atoms with Crippen molar-refractivity contribution >= 4 is 0 Å². The SMILES string of the molecule is COc1nccc(-c2ccccc2)c1C. The summed E-state index contributed by atoms with van der Waals surface area (Å²) in [6, 6.07) is 12.2. The van der Waals surface area contributed by atoms with Crippen LogP contribution in [0.25, 0.3) is 11.1 Å². The van der Waals surface area contributed by atoms with Gasteiger partial charge in [0.1, 0.15) is 0 Å². The fourth-order valence-electron chi connectivity index (χ4n) is 1.65. The van der Waals surface area contributed by atoms with E-state index >= 15 is 0 Å². The zero-order chi connectivity index (χ0) is 10.7. The van der Waals surface area contributed by atoms with Crippen molar-refractivity contribution in [2.45, 2.75) is 6.92 Å². The molecule has 0 aliphatic carbocycles. The quantitative estimate of drug-likeness (QED) is 0.741. The number of nitrogens with zero attached hydrogens (tertiary/aromatic N) is 1. The second-order valence-corrected chi connectivity index (χ2v) is 3.36. The van der Waals surface area contributed by atoms with Crippen molar-refractivity contribution < 1.29 is 4.74 Å². The van der Waals surface area contributed by atoms with Gasteiger partial charge in [-0.1, -0.05) is 30.3 Å². The van der Waals surface area contributed by atoms with E-state index in [0.29, 0.717) is 5.88 Å². The second kappa shape index (κ2) is 4.13. The molecule has 0 spiro atoms. The Morgan fingerprint density at radius 3 is 2.47 bits per heavy atom. The molecule has 0 saturated carbocycles. The molecule has 2 rings (SSSR count). The minimum atomic E-state index is 0.691. The van der Waals surface area contributed by atoms with Gasteiger partial charge in [-0.3, -0.25) is 0 Å². The summed E-state index contributed by atoms with van der Waals surface area (Å²) >= 11 is 0. The highest BCUT2D eigenvalue weighted by Crippen LogP contribution is 2.27. The topological polar surface area (TPSA) is 22.1 Å². The Morgan fingerprint density at radius 1 is 1.07 bits per heavy atom. The zero-order valence-corrected chi connectivity index (χ0v) is 8.90. The van der Waals surface area contributed by atoms with E-state index in [0.717, 1.165) is 5.56 Å². The number of hydrogen-bond acceptors (Lipinski definition) is 2. The maximum absolute atomic E-state index is 5.20. The monoisotopic (exact) mass is 199 g/mol. The van der Waals surface area contributed by atoms with Crippen LogP contribution < -0.4 is 4.74 Å². The minimum Gasteiger partial charge on any atom is -0.481 e. The number of pyridine rings is 1. The number of aromatic nitrogens is 1. The van der Waals surface area contributed by atoms with E-state index in [1.165, 1.54) is 11.1 Å². The molecule has 0 atom stereocenters. The average Bonchev–Trinajstić information content (AvgIpc) is 2.30. The van der Waals surface area contributed by atoms with Crippen LogP contribution in [0.15, 0.2) is 42.6 Å². The normalized spacial score (nSPS) is 10.0. The molecule has 2 aromatic rings. The molecule has 0 saturated heterocycles. The van der Waals surface area contributed by atoms with Crippen molar-refractivity contribution in [2.75, 3.05) is 7.11 Å². The Morgan fingerprint density at radius 2 is 1.80 bits per heavy atom. The number of hydrogen-bond donors (Lipinski definition) is 0. The Kier molecular flexibility index (Phi) is 2.68. The molecule has 15 heavy (non-hydrogen) atoms. The molecule has 0 amide bonds. The lowest BCUT2D eigenvalue weighted by atomic mass is 10.0. The molecule has 1 heterocycles. The first kappa shape index (κ1) is 9.71. The molecular weight excluding hydrogens is 186 g/mol. The Hall–Kier alpha value is -1.83. The van der Waals surface area contributed by atoms with E-state index in [9.17, 15) is 0 Å². The van der Waals surface area contributed by atoms with Gasteiger partial charge in [-0.15, -0.1) is 0 Å². The van der Waals surface area contributed by atoms with Gasteiger partial charge >= 0.3 is 0 Å². The van der Waals surface area contributed by atoms with Crippen molar-refractivity contribution in [1.82, 2.24) is 4.98 Å². The predicted octanol–water partition coefficient (Wildman–Crippen LogP) is 3.07. The summed E-state index contributed by atoms with van der Waals surface area (Å²) < 4.78 is 5.20. The summed E-state index contributed by atoms with van der Waals surface area (Å²) in [6.07, 6.45) is 1.77. The van der Waals surface area contributed by atoms with Crippen molar-refractivity contribution in [3.8, 4) is 17.0 Å². The summed E-state index contributed by atoms with van der Waals surface area (Å²) in [6.45, 7) is 2.02. The van der Waals surface area contributed by atoms with E-state index in [1.807, 2.05) is 31.2 Å². The molecule has 0 N–H and O–H groups in total. The third kappa shape index (κ3) is 1.84. The average molecular weight is 199 g/mol. The van der Waals surface area contributed by atoms with Crippen LogP contribution in [0.5, 0.6) is 5.88 Å². The van der Waals surface area contributed by atoms with E-state index in [-0.39, 0.29) is 0 Å². The maximum Gasteiger partial charge on any atom is 0.216 e. The molecule has 0 aliphatic heterocycles. The first-order valence-corrected chi connectivity index (χ1v) is 4.88. The van der Waals surface area contributed by atoms with E-state index in [4.69, 9.17) is 4.74 Å². The first-order valence-electron chi connectivity index (χ1n) is 4.88. The van der Waals surface area contributed by atoms with Gasteiger partial charge in [-0.25, -0.2) is 4.98 Å². The molecule has 1 aromatic heterocycles. The highest BCUT2D eigenvalue weighted by atomic mass is 16.5. The molecular formula is C13H13NO. The van der Waals surface area contributed by atoms with Crippen LogP contribution in [0.3, 0.4) is 0 Å². The fourth-order valence-corrected chi connectivity index (χ4v) is 1.65. The lowest BCUT2D eigenvalue weighted by Crippen LogP contribution is -1.93. The third-order valence-corrected chi connectivity index (χ3v) is 2.44. The van der Waals surface area contributed by atoms with Gasteiger partial charge in [-0.05, 0) is 24.1 Å². The van der Waals surface area contributed by atoms with E-state index in [2.05, 4.69) is 17.1 Å². The van der Waals surface area contributed by atoms with Gasteiger partial charge in [0.15, 0.2) is 0 Å². The Labute approximate surface area is 89.6 Å². The Balaban J connectivity index is 2.54.